The highest BCUT2D eigenvalue weighted by molar-refractivity contribution is 9.10. The van der Waals surface area contributed by atoms with Crippen molar-refractivity contribution in [1.29, 1.82) is 0 Å². The summed E-state index contributed by atoms with van der Waals surface area (Å²) < 4.78 is 23.6. The lowest BCUT2D eigenvalue weighted by molar-refractivity contribution is -0.150. The lowest BCUT2D eigenvalue weighted by atomic mass is 9.85. The smallest absolute Gasteiger partial charge is 0.408 e. The third kappa shape index (κ3) is 6.97. The molecule has 0 radical (unpaired) electrons. The van der Waals surface area contributed by atoms with Crippen LogP contribution in [0.15, 0.2) is 22.7 Å². The highest BCUT2D eigenvalue weighted by atomic mass is 79.9. The monoisotopic (exact) mass is 635 g/mol. The summed E-state index contributed by atoms with van der Waals surface area (Å²) in [4.78, 5) is 44.7. The Bertz CT molecular complexity index is 1290. The molecule has 2 amide bonds. The van der Waals surface area contributed by atoms with E-state index in [1.165, 1.54) is 4.90 Å². The number of pyridine rings is 1. The van der Waals surface area contributed by atoms with Crippen molar-refractivity contribution in [2.24, 2.45) is 5.41 Å². The number of carbonyl (C=O) groups excluding carboxylic acids is 2. The zero-order valence-corrected chi connectivity index (χ0v) is 25.7. The van der Waals surface area contributed by atoms with E-state index in [4.69, 9.17) is 18.9 Å². The van der Waals surface area contributed by atoms with Crippen LogP contribution in [-0.4, -0.2) is 77.5 Å². The van der Waals surface area contributed by atoms with Gasteiger partial charge in [-0.3, -0.25) is 4.79 Å². The van der Waals surface area contributed by atoms with E-state index in [2.05, 4.69) is 26.2 Å². The van der Waals surface area contributed by atoms with Crippen LogP contribution in [0.3, 0.4) is 0 Å². The molecule has 2 N–H and O–H groups in total. The molecule has 0 bridgehead atoms. The summed E-state index contributed by atoms with van der Waals surface area (Å²) in [5.41, 5.74) is -0.143. The number of aromatic nitrogens is 1. The Balaban J connectivity index is 1.58. The van der Waals surface area contributed by atoms with Crippen LogP contribution >= 0.6 is 15.9 Å². The van der Waals surface area contributed by atoms with Gasteiger partial charge >= 0.3 is 12.1 Å². The van der Waals surface area contributed by atoms with Crippen molar-refractivity contribution in [2.45, 2.75) is 84.1 Å². The van der Waals surface area contributed by atoms with E-state index >= 15 is 0 Å². The average Bonchev–Trinajstić information content (AvgIpc) is 3.57. The SMILES string of the molecule is CCOc1cc(O[C@@H]2C[C@@H](C(=O)O)N(C(=O)[C@@H](NC(=O)OC3CCCC3)C(C)(C)C)C2)c2ccc(OC)c(Br)c2n1. The lowest BCUT2D eigenvalue weighted by Crippen LogP contribution is -2.57. The van der Waals surface area contributed by atoms with Gasteiger partial charge in [0.2, 0.25) is 11.8 Å². The summed E-state index contributed by atoms with van der Waals surface area (Å²) in [5, 5.41) is 13.4. The number of benzene rings is 1. The van der Waals surface area contributed by atoms with Crippen molar-refractivity contribution in [3.63, 3.8) is 0 Å². The maximum Gasteiger partial charge on any atom is 0.408 e. The molecule has 41 heavy (non-hydrogen) atoms. The Morgan fingerprint density at radius 3 is 2.49 bits per heavy atom. The van der Waals surface area contributed by atoms with Gasteiger partial charge in [-0.05, 0) is 66.1 Å². The Labute approximate surface area is 248 Å². The van der Waals surface area contributed by atoms with Crippen LogP contribution in [0.2, 0.25) is 0 Å². The molecule has 11 nitrogen and oxygen atoms in total. The number of nitrogens with one attached hydrogen (secondary N) is 1. The van der Waals surface area contributed by atoms with Gasteiger partial charge < -0.3 is 34.3 Å². The molecule has 1 aliphatic heterocycles. The minimum absolute atomic E-state index is 0.0207. The quantitative estimate of drug-likeness (QED) is 0.393. The van der Waals surface area contributed by atoms with Crippen LogP contribution in [0.1, 0.15) is 59.8 Å². The van der Waals surface area contributed by atoms with Gasteiger partial charge in [0.25, 0.3) is 0 Å². The number of hydrogen-bond acceptors (Lipinski definition) is 8. The first kappa shape index (κ1) is 30.7. The van der Waals surface area contributed by atoms with Crippen LogP contribution in [-0.2, 0) is 14.3 Å². The third-order valence-electron chi connectivity index (χ3n) is 7.41. The molecule has 0 spiro atoms. The van der Waals surface area contributed by atoms with E-state index in [0.29, 0.717) is 39.4 Å². The van der Waals surface area contributed by atoms with E-state index in [1.807, 2.05) is 27.7 Å². The number of halogens is 1. The third-order valence-corrected chi connectivity index (χ3v) is 8.18. The fourth-order valence-electron chi connectivity index (χ4n) is 5.33. The number of likely N-dealkylation sites (tertiary alicyclic amines) is 1. The molecule has 3 atom stereocenters. The molecule has 4 rings (SSSR count). The molecule has 1 aromatic heterocycles. The number of fused-ring (bicyclic) bond motifs is 1. The number of amides is 2. The largest absolute Gasteiger partial charge is 0.495 e. The Kier molecular flexibility index (Phi) is 9.51. The highest BCUT2D eigenvalue weighted by Gasteiger charge is 2.46. The average molecular weight is 637 g/mol. The molecule has 2 aromatic rings. The zero-order chi connectivity index (χ0) is 29.9. The number of ether oxygens (including phenoxy) is 4. The molecule has 224 valence electrons. The number of alkyl carbamates (subject to hydrolysis) is 1. The summed E-state index contributed by atoms with van der Waals surface area (Å²) >= 11 is 3.54. The number of nitrogens with zero attached hydrogens (tertiary/aromatic N) is 2. The fraction of sp³-hybridized carbons (Fsp3) is 0.586. The predicted octanol–water partition coefficient (Wildman–Crippen LogP) is 4.92. The molecule has 1 saturated heterocycles. The standard InChI is InChI=1S/C29H38BrN3O8/c1-6-39-22-14-21(18-11-12-20(38-5)23(30)24(18)31-22)40-17-13-19(27(35)36)33(15-17)26(34)25(29(2,3)4)32-28(37)41-16-9-7-8-10-16/h11-12,14,16-17,19,25H,6-10,13,15H2,1-5H3,(H,32,37)(H,35,36)/t17-,19+,25-/m1/s1. The molecule has 12 heteroatoms. The van der Waals surface area contributed by atoms with Crippen molar-refractivity contribution in [3.05, 3.63) is 22.7 Å². The zero-order valence-electron chi connectivity index (χ0n) is 24.1. The van der Waals surface area contributed by atoms with Gasteiger partial charge in [0.05, 0.1) is 30.3 Å². The van der Waals surface area contributed by atoms with Crippen LogP contribution in [0.25, 0.3) is 10.9 Å². The van der Waals surface area contributed by atoms with E-state index in [-0.39, 0.29) is 19.1 Å². The molecular weight excluding hydrogens is 598 g/mol. The van der Waals surface area contributed by atoms with Gasteiger partial charge in [-0.1, -0.05) is 20.8 Å². The number of carboxylic acids is 1. The summed E-state index contributed by atoms with van der Waals surface area (Å²) in [6.45, 7) is 7.69. The Morgan fingerprint density at radius 2 is 1.88 bits per heavy atom. The molecule has 2 heterocycles. The van der Waals surface area contributed by atoms with Gasteiger partial charge in [0.15, 0.2) is 0 Å². The van der Waals surface area contributed by atoms with E-state index in [9.17, 15) is 19.5 Å². The summed E-state index contributed by atoms with van der Waals surface area (Å²) in [6, 6.07) is 3.11. The van der Waals surface area contributed by atoms with Crippen LogP contribution < -0.4 is 19.5 Å². The van der Waals surface area contributed by atoms with Crippen molar-refractivity contribution in [1.82, 2.24) is 15.2 Å². The van der Waals surface area contributed by atoms with Crippen LogP contribution in [0.4, 0.5) is 4.79 Å². The van der Waals surface area contributed by atoms with Gasteiger partial charge in [-0.2, -0.15) is 0 Å². The molecule has 1 aliphatic carbocycles. The predicted molar refractivity (Wildman–Crippen MR) is 154 cm³/mol. The maximum atomic E-state index is 13.8. The minimum Gasteiger partial charge on any atom is -0.495 e. The number of hydrogen-bond donors (Lipinski definition) is 2. The normalized spacial score (nSPS) is 20.1. The summed E-state index contributed by atoms with van der Waals surface area (Å²) in [6.07, 6.45) is 2.19. The van der Waals surface area contributed by atoms with Crippen molar-refractivity contribution in [3.8, 4) is 17.4 Å². The molecule has 1 saturated carbocycles. The van der Waals surface area contributed by atoms with E-state index < -0.39 is 41.6 Å². The molecule has 2 fully saturated rings. The number of rotatable bonds is 9. The second-order valence-electron chi connectivity index (χ2n) is 11.4. The van der Waals surface area contributed by atoms with Crippen LogP contribution in [0, 0.1) is 5.41 Å². The number of aliphatic carboxylic acids is 1. The van der Waals surface area contributed by atoms with Gasteiger partial charge in [0.1, 0.15) is 35.8 Å². The number of methoxy groups -OCH3 is 1. The van der Waals surface area contributed by atoms with Gasteiger partial charge in [-0.15, -0.1) is 0 Å². The molecular formula is C29H38BrN3O8. The summed E-state index contributed by atoms with van der Waals surface area (Å²) in [5.74, 6) is -0.284. The van der Waals surface area contributed by atoms with Crippen molar-refractivity contribution in [2.75, 3.05) is 20.3 Å². The van der Waals surface area contributed by atoms with Gasteiger partial charge in [-0.25, -0.2) is 14.6 Å². The Hall–Kier alpha value is -3.28. The first-order valence-electron chi connectivity index (χ1n) is 13.9. The number of carboxylic acid groups (broad SMARTS) is 1. The summed E-state index contributed by atoms with van der Waals surface area (Å²) in [7, 11) is 1.56. The first-order chi connectivity index (χ1) is 19.4. The highest BCUT2D eigenvalue weighted by Crippen LogP contribution is 2.39. The first-order valence-corrected chi connectivity index (χ1v) is 14.7. The minimum atomic E-state index is -1.15. The molecule has 1 aromatic carbocycles. The fourth-order valence-corrected chi connectivity index (χ4v) is 5.92. The topological polar surface area (TPSA) is 137 Å². The maximum absolute atomic E-state index is 13.8. The molecule has 2 aliphatic rings. The van der Waals surface area contributed by atoms with Crippen molar-refractivity contribution >= 4 is 44.8 Å². The number of carbonyl (C=O) groups is 3. The Morgan fingerprint density at radius 1 is 1.17 bits per heavy atom. The van der Waals surface area contributed by atoms with Gasteiger partial charge in [0, 0.05) is 17.9 Å². The van der Waals surface area contributed by atoms with E-state index in [0.717, 1.165) is 25.7 Å². The molecule has 0 unspecified atom stereocenters. The van der Waals surface area contributed by atoms with Crippen molar-refractivity contribution < 1.29 is 38.4 Å². The second kappa shape index (κ2) is 12.7. The van der Waals surface area contributed by atoms with E-state index in [1.54, 1.807) is 25.3 Å². The lowest BCUT2D eigenvalue weighted by Gasteiger charge is -2.34. The van der Waals surface area contributed by atoms with Crippen LogP contribution in [0.5, 0.6) is 17.4 Å². The second-order valence-corrected chi connectivity index (χ2v) is 12.2.